The van der Waals surface area contributed by atoms with E-state index in [4.69, 9.17) is 0 Å². The van der Waals surface area contributed by atoms with Crippen molar-refractivity contribution < 1.29 is 32.6 Å². The van der Waals surface area contributed by atoms with Crippen molar-refractivity contribution in [3.8, 4) is 17.1 Å². The van der Waals surface area contributed by atoms with Gasteiger partial charge in [-0.15, -0.1) is 16.9 Å². The normalized spacial score (nSPS) is 15.0. The van der Waals surface area contributed by atoms with Crippen molar-refractivity contribution in [1.29, 1.82) is 0 Å². The maximum Gasteiger partial charge on any atom is 0.416 e. The van der Waals surface area contributed by atoms with E-state index < -0.39 is 26.9 Å². The molecule has 0 spiro atoms. The molecule has 3 rings (SSSR count). The van der Waals surface area contributed by atoms with Crippen LogP contribution in [0.5, 0.6) is 0 Å². The molecule has 4 nitrogen and oxygen atoms in total. The first-order valence-electron chi connectivity index (χ1n) is 8.06. The first-order chi connectivity index (χ1) is 13.6. The third-order valence-corrected chi connectivity index (χ3v) is 5.84. The SMILES string of the molecule is CCSc1cc(S(F)(F)(F)(F)F)ccc1-n1cc(-c2cc(C(F)(F)F)ccn2)nn1. The van der Waals surface area contributed by atoms with E-state index in [9.17, 15) is 32.6 Å². The van der Waals surface area contributed by atoms with Gasteiger partial charge in [0.2, 0.25) is 0 Å². The monoisotopic (exact) mass is 476 g/mol. The van der Waals surface area contributed by atoms with Gasteiger partial charge in [0.05, 0.1) is 23.1 Å². The minimum absolute atomic E-state index is 0.0122. The number of pyridine rings is 1. The summed E-state index contributed by atoms with van der Waals surface area (Å²) < 4.78 is 105. The first-order valence-corrected chi connectivity index (χ1v) is 11.0. The summed E-state index contributed by atoms with van der Waals surface area (Å²) in [5.41, 5.74) is -1.20. The predicted octanol–water partition coefficient (Wildman–Crippen LogP) is 7.12. The summed E-state index contributed by atoms with van der Waals surface area (Å²) in [6, 6.07) is 2.88. The van der Waals surface area contributed by atoms with Crippen molar-refractivity contribution in [2.45, 2.75) is 22.9 Å². The maximum absolute atomic E-state index is 13.1. The highest BCUT2D eigenvalue weighted by molar-refractivity contribution is 8.45. The van der Waals surface area contributed by atoms with Crippen molar-refractivity contribution in [3.05, 3.63) is 48.3 Å². The average Bonchev–Trinajstić information content (AvgIpc) is 3.09. The van der Waals surface area contributed by atoms with E-state index in [1.54, 1.807) is 6.92 Å². The molecule has 30 heavy (non-hydrogen) atoms. The summed E-state index contributed by atoms with van der Waals surface area (Å²) in [7, 11) is -9.88. The van der Waals surface area contributed by atoms with Crippen LogP contribution in [-0.4, -0.2) is 25.7 Å². The number of alkyl halides is 3. The first kappa shape index (κ1) is 22.3. The summed E-state index contributed by atoms with van der Waals surface area (Å²) in [6.07, 6.45) is -2.53. The molecule has 0 aliphatic rings. The summed E-state index contributed by atoms with van der Waals surface area (Å²) in [5.74, 6) is 0.271. The highest BCUT2D eigenvalue weighted by Gasteiger charge is 2.65. The van der Waals surface area contributed by atoms with Crippen LogP contribution in [0.25, 0.3) is 17.1 Å². The Morgan fingerprint density at radius 2 is 1.70 bits per heavy atom. The van der Waals surface area contributed by atoms with E-state index in [1.807, 2.05) is 0 Å². The lowest BCUT2D eigenvalue weighted by Gasteiger charge is -2.40. The van der Waals surface area contributed by atoms with E-state index in [0.29, 0.717) is 6.07 Å². The van der Waals surface area contributed by atoms with E-state index >= 15 is 0 Å². The number of hydrogen-bond acceptors (Lipinski definition) is 4. The second-order valence-corrected chi connectivity index (χ2v) is 9.72. The molecule has 0 saturated heterocycles. The van der Waals surface area contributed by atoms with Gasteiger partial charge in [0.25, 0.3) is 0 Å². The molecular formula is C16H12F8N4S2. The van der Waals surface area contributed by atoms with Gasteiger partial charge in [-0.1, -0.05) is 31.6 Å². The molecule has 0 fully saturated rings. The summed E-state index contributed by atoms with van der Waals surface area (Å²) >= 11 is 0.868. The fraction of sp³-hybridized carbons (Fsp3) is 0.188. The topological polar surface area (TPSA) is 43.6 Å². The van der Waals surface area contributed by atoms with Crippen molar-refractivity contribution in [3.63, 3.8) is 0 Å². The molecule has 0 saturated carbocycles. The van der Waals surface area contributed by atoms with Gasteiger partial charge >= 0.3 is 16.4 Å². The molecule has 0 radical (unpaired) electrons. The number of rotatable bonds is 5. The van der Waals surface area contributed by atoms with Gasteiger partial charge in [-0.3, -0.25) is 4.98 Å². The molecule has 14 heteroatoms. The van der Waals surface area contributed by atoms with Gasteiger partial charge in [0.15, 0.2) is 0 Å². The van der Waals surface area contributed by atoms with Crippen LogP contribution in [0, 0.1) is 0 Å². The van der Waals surface area contributed by atoms with E-state index in [-0.39, 0.29) is 33.8 Å². The second-order valence-electron chi connectivity index (χ2n) is 6.01. The zero-order chi connectivity index (χ0) is 22.4. The van der Waals surface area contributed by atoms with Gasteiger partial charge in [0, 0.05) is 11.1 Å². The number of nitrogens with zero attached hydrogens (tertiary/aromatic N) is 4. The molecule has 2 aromatic heterocycles. The number of halogens is 8. The van der Waals surface area contributed by atoms with E-state index in [0.717, 1.165) is 47.0 Å². The van der Waals surface area contributed by atoms with Crippen LogP contribution >= 0.6 is 22.0 Å². The smallest absolute Gasteiger partial charge is 0.254 e. The molecule has 0 aliphatic carbocycles. The Morgan fingerprint density at radius 3 is 2.30 bits per heavy atom. The summed E-state index contributed by atoms with van der Waals surface area (Å²) in [5, 5.41) is 7.39. The molecule has 3 aromatic rings. The molecule has 0 atom stereocenters. The second kappa shape index (κ2) is 6.57. The third-order valence-electron chi connectivity index (χ3n) is 3.77. The molecule has 164 valence electrons. The lowest BCUT2D eigenvalue weighted by atomic mass is 10.2. The summed E-state index contributed by atoms with van der Waals surface area (Å²) in [4.78, 5) is 1.60. The van der Waals surface area contributed by atoms with Gasteiger partial charge in [-0.2, -0.15) is 13.2 Å². The van der Waals surface area contributed by atoms with Crippen LogP contribution in [0.15, 0.2) is 52.5 Å². The van der Waals surface area contributed by atoms with Crippen LogP contribution in [0.4, 0.5) is 32.6 Å². The third kappa shape index (κ3) is 4.86. The Balaban J connectivity index is 2.05. The van der Waals surface area contributed by atoms with Crippen LogP contribution in [0.1, 0.15) is 12.5 Å². The van der Waals surface area contributed by atoms with Gasteiger partial charge in [-0.25, -0.2) is 4.68 Å². The molecule has 2 heterocycles. The van der Waals surface area contributed by atoms with Gasteiger partial charge < -0.3 is 0 Å². The maximum atomic E-state index is 13.1. The Bertz CT molecular complexity index is 1090. The van der Waals surface area contributed by atoms with E-state index in [1.165, 1.54) is 0 Å². The van der Waals surface area contributed by atoms with E-state index in [2.05, 4.69) is 15.3 Å². The number of benzene rings is 1. The molecule has 0 unspecified atom stereocenters. The number of hydrogen-bond donors (Lipinski definition) is 0. The van der Waals surface area contributed by atoms with Crippen LogP contribution in [0.2, 0.25) is 0 Å². The van der Waals surface area contributed by atoms with Crippen molar-refractivity contribution in [2.75, 3.05) is 5.75 Å². The quantitative estimate of drug-likeness (QED) is 0.291. The van der Waals surface area contributed by atoms with Gasteiger partial charge in [-0.05, 0) is 36.1 Å². The molecule has 0 aliphatic heterocycles. The molecule has 0 N–H and O–H groups in total. The zero-order valence-corrected chi connectivity index (χ0v) is 16.5. The summed E-state index contributed by atoms with van der Waals surface area (Å²) in [6.45, 7) is 1.61. The zero-order valence-electron chi connectivity index (χ0n) is 14.9. The van der Waals surface area contributed by atoms with Gasteiger partial charge in [0.1, 0.15) is 10.6 Å². The standard InChI is InChI=1S/C16H12F8N4S2/c1-2-29-15-8-11(30(20,21,22,23)24)3-4-14(15)28-9-13(26-27-28)12-7-10(5-6-25-12)16(17,18)19/h3-9H,2H2,1H3. The predicted molar refractivity (Wildman–Crippen MR) is 97.4 cm³/mol. The highest BCUT2D eigenvalue weighted by Crippen LogP contribution is 3.02. The minimum Gasteiger partial charge on any atom is -0.254 e. The molecule has 0 amide bonds. The Kier molecular flexibility index (Phi) is 4.89. The van der Waals surface area contributed by atoms with Crippen molar-refractivity contribution in [2.24, 2.45) is 0 Å². The molecular weight excluding hydrogens is 464 g/mol. The average molecular weight is 476 g/mol. The van der Waals surface area contributed by atoms with Crippen molar-refractivity contribution in [1.82, 2.24) is 20.0 Å². The van der Waals surface area contributed by atoms with Crippen LogP contribution < -0.4 is 0 Å². The highest BCUT2D eigenvalue weighted by atomic mass is 32.5. The number of aromatic nitrogens is 4. The Hall–Kier alpha value is -2.35. The molecule has 1 aromatic carbocycles. The lowest BCUT2D eigenvalue weighted by molar-refractivity contribution is -0.137. The largest absolute Gasteiger partial charge is 0.416 e. The van der Waals surface area contributed by atoms with Crippen molar-refractivity contribution >= 4 is 22.0 Å². The fourth-order valence-corrected chi connectivity index (χ4v) is 4.01. The minimum atomic E-state index is -9.88. The Labute approximate surface area is 169 Å². The molecule has 0 bridgehead atoms. The van der Waals surface area contributed by atoms with Crippen LogP contribution in [0.3, 0.4) is 0 Å². The Morgan fingerprint density at radius 1 is 1.00 bits per heavy atom. The van der Waals surface area contributed by atoms with Crippen LogP contribution in [-0.2, 0) is 6.18 Å². The lowest BCUT2D eigenvalue weighted by Crippen LogP contribution is -2.07. The number of thioether (sulfide) groups is 1. The fourth-order valence-electron chi connectivity index (χ4n) is 2.44.